The zero-order valence-electron chi connectivity index (χ0n) is 11.9. The van der Waals surface area contributed by atoms with E-state index >= 15 is 0 Å². The number of hydrogen-bond acceptors (Lipinski definition) is 2. The second kappa shape index (κ2) is 7.49. The lowest BCUT2D eigenvalue weighted by Gasteiger charge is -2.20. The molecule has 5 unspecified atom stereocenters. The summed E-state index contributed by atoms with van der Waals surface area (Å²) >= 11 is 3.46. The van der Waals surface area contributed by atoms with E-state index in [2.05, 4.69) is 35.1 Å². The molecule has 1 aliphatic heterocycles. The molecule has 3 nitrogen and oxygen atoms in total. The van der Waals surface area contributed by atoms with Crippen LogP contribution in [0.2, 0.25) is 0 Å². The van der Waals surface area contributed by atoms with Crippen LogP contribution in [0.15, 0.2) is 0 Å². The van der Waals surface area contributed by atoms with Gasteiger partial charge in [0.25, 0.3) is 0 Å². The predicted octanol–water partition coefficient (Wildman–Crippen LogP) is 2.97. The number of alkyl halides is 1. The average Bonchev–Trinajstić information content (AvgIpc) is 2.58. The summed E-state index contributed by atoms with van der Waals surface area (Å²) in [7, 11) is 0. The Morgan fingerprint density at radius 1 is 1.33 bits per heavy atom. The molecule has 4 heteroatoms. The minimum absolute atomic E-state index is 0.00137. The molecule has 1 aliphatic rings. The number of carbonyl (C=O) groups excluding carboxylic acids is 1. The summed E-state index contributed by atoms with van der Waals surface area (Å²) in [5, 5.41) is 4.10. The molecule has 5 atom stereocenters. The summed E-state index contributed by atoms with van der Waals surface area (Å²) in [6, 6.07) is 0. The topological polar surface area (TPSA) is 38.3 Å². The van der Waals surface area contributed by atoms with E-state index in [4.69, 9.17) is 4.74 Å². The second-order valence-electron chi connectivity index (χ2n) is 5.43. The van der Waals surface area contributed by atoms with Gasteiger partial charge in [-0.3, -0.25) is 4.79 Å². The van der Waals surface area contributed by atoms with Gasteiger partial charge in [-0.15, -0.1) is 0 Å². The minimum Gasteiger partial charge on any atom is -0.374 e. The quantitative estimate of drug-likeness (QED) is 0.764. The SMILES string of the molecule is CCC(CCBr)CNC(=O)C1C(C)OC(C)C1C. The highest BCUT2D eigenvalue weighted by atomic mass is 79.9. The Bertz CT molecular complexity index is 273. The minimum atomic E-state index is 0.00137. The van der Waals surface area contributed by atoms with Crippen molar-refractivity contribution in [3.05, 3.63) is 0 Å². The van der Waals surface area contributed by atoms with Gasteiger partial charge in [0, 0.05) is 11.9 Å². The maximum Gasteiger partial charge on any atom is 0.226 e. The van der Waals surface area contributed by atoms with Gasteiger partial charge in [0.05, 0.1) is 18.1 Å². The van der Waals surface area contributed by atoms with E-state index in [1.165, 1.54) is 0 Å². The molecule has 0 radical (unpaired) electrons. The molecule has 0 saturated carbocycles. The molecule has 1 fully saturated rings. The normalized spacial score (nSPS) is 33.4. The summed E-state index contributed by atoms with van der Waals surface area (Å²) in [6.07, 6.45) is 2.43. The van der Waals surface area contributed by atoms with Crippen LogP contribution in [0.4, 0.5) is 0 Å². The second-order valence-corrected chi connectivity index (χ2v) is 6.22. The van der Waals surface area contributed by atoms with E-state index in [0.29, 0.717) is 11.8 Å². The summed E-state index contributed by atoms with van der Waals surface area (Å²) in [5.74, 6) is 1.03. The van der Waals surface area contributed by atoms with E-state index in [9.17, 15) is 4.79 Å². The molecular weight excluding hydrogens is 294 g/mol. The molecule has 0 aromatic rings. The first-order valence-corrected chi connectivity index (χ1v) is 8.12. The van der Waals surface area contributed by atoms with Crippen molar-refractivity contribution < 1.29 is 9.53 Å². The van der Waals surface area contributed by atoms with E-state index < -0.39 is 0 Å². The zero-order chi connectivity index (χ0) is 13.7. The largest absolute Gasteiger partial charge is 0.374 e. The third-order valence-corrected chi connectivity index (χ3v) is 4.66. The molecule has 18 heavy (non-hydrogen) atoms. The van der Waals surface area contributed by atoms with Gasteiger partial charge in [-0.1, -0.05) is 36.2 Å². The summed E-state index contributed by atoms with van der Waals surface area (Å²) < 4.78 is 5.72. The molecule has 0 bridgehead atoms. The van der Waals surface area contributed by atoms with Crippen molar-refractivity contribution in [1.29, 1.82) is 0 Å². The van der Waals surface area contributed by atoms with Crippen LogP contribution in [0.25, 0.3) is 0 Å². The fourth-order valence-corrected chi connectivity index (χ4v) is 3.33. The van der Waals surface area contributed by atoms with Gasteiger partial charge in [0.1, 0.15) is 0 Å². The number of ether oxygens (including phenoxy) is 1. The van der Waals surface area contributed by atoms with Crippen molar-refractivity contribution in [3.63, 3.8) is 0 Å². The molecule has 0 spiro atoms. The smallest absolute Gasteiger partial charge is 0.226 e. The van der Waals surface area contributed by atoms with Gasteiger partial charge < -0.3 is 10.1 Å². The Morgan fingerprint density at radius 3 is 2.44 bits per heavy atom. The van der Waals surface area contributed by atoms with Gasteiger partial charge in [-0.05, 0) is 32.1 Å². The number of rotatable bonds is 6. The maximum absolute atomic E-state index is 12.2. The molecule has 1 saturated heterocycles. The van der Waals surface area contributed by atoms with Crippen LogP contribution in [0, 0.1) is 17.8 Å². The highest BCUT2D eigenvalue weighted by molar-refractivity contribution is 9.09. The van der Waals surface area contributed by atoms with Gasteiger partial charge >= 0.3 is 0 Å². The van der Waals surface area contributed by atoms with Crippen molar-refractivity contribution in [2.24, 2.45) is 17.8 Å². The molecule has 1 amide bonds. The van der Waals surface area contributed by atoms with Crippen molar-refractivity contribution in [2.75, 3.05) is 11.9 Å². The Balaban J connectivity index is 2.45. The predicted molar refractivity (Wildman–Crippen MR) is 77.9 cm³/mol. The molecule has 106 valence electrons. The molecular formula is C14H26BrNO2. The van der Waals surface area contributed by atoms with Crippen LogP contribution in [0.5, 0.6) is 0 Å². The lowest BCUT2D eigenvalue weighted by Crippen LogP contribution is -2.39. The third kappa shape index (κ3) is 3.95. The molecule has 1 heterocycles. The Hall–Kier alpha value is -0.0900. The van der Waals surface area contributed by atoms with Crippen molar-refractivity contribution in [2.45, 2.75) is 52.7 Å². The lowest BCUT2D eigenvalue weighted by atomic mass is 9.88. The van der Waals surface area contributed by atoms with Crippen molar-refractivity contribution in [1.82, 2.24) is 5.32 Å². The Labute approximate surface area is 119 Å². The molecule has 1 N–H and O–H groups in total. The Morgan fingerprint density at radius 2 is 2.00 bits per heavy atom. The van der Waals surface area contributed by atoms with Crippen molar-refractivity contribution >= 4 is 21.8 Å². The van der Waals surface area contributed by atoms with Crippen LogP contribution < -0.4 is 5.32 Å². The number of carbonyl (C=O) groups is 1. The maximum atomic E-state index is 12.2. The van der Waals surface area contributed by atoms with E-state index in [1.54, 1.807) is 0 Å². The number of nitrogens with one attached hydrogen (secondary N) is 1. The van der Waals surface area contributed by atoms with E-state index in [0.717, 1.165) is 24.7 Å². The average molecular weight is 320 g/mol. The van der Waals surface area contributed by atoms with Crippen LogP contribution in [-0.2, 0) is 9.53 Å². The third-order valence-electron chi connectivity index (χ3n) is 4.20. The first kappa shape index (κ1) is 16.0. The molecule has 0 aliphatic carbocycles. The summed E-state index contributed by atoms with van der Waals surface area (Å²) in [4.78, 5) is 12.2. The Kier molecular flexibility index (Phi) is 6.64. The van der Waals surface area contributed by atoms with E-state index in [-0.39, 0.29) is 24.0 Å². The highest BCUT2D eigenvalue weighted by Gasteiger charge is 2.41. The van der Waals surface area contributed by atoms with Gasteiger partial charge in [0.2, 0.25) is 5.91 Å². The first-order valence-electron chi connectivity index (χ1n) is 7.00. The fourth-order valence-electron chi connectivity index (χ4n) is 2.69. The molecule has 0 aromatic heterocycles. The lowest BCUT2D eigenvalue weighted by molar-refractivity contribution is -0.127. The summed E-state index contributed by atoms with van der Waals surface area (Å²) in [6.45, 7) is 9.11. The van der Waals surface area contributed by atoms with Crippen LogP contribution in [0.1, 0.15) is 40.5 Å². The summed E-state index contributed by atoms with van der Waals surface area (Å²) in [5.41, 5.74) is 0. The zero-order valence-corrected chi connectivity index (χ0v) is 13.5. The monoisotopic (exact) mass is 319 g/mol. The van der Waals surface area contributed by atoms with Crippen LogP contribution in [-0.4, -0.2) is 30.0 Å². The van der Waals surface area contributed by atoms with Crippen LogP contribution in [0.3, 0.4) is 0 Å². The van der Waals surface area contributed by atoms with Crippen LogP contribution >= 0.6 is 15.9 Å². The highest BCUT2D eigenvalue weighted by Crippen LogP contribution is 2.32. The molecule has 1 rings (SSSR count). The van der Waals surface area contributed by atoms with Gasteiger partial charge in [-0.2, -0.15) is 0 Å². The first-order chi connectivity index (χ1) is 8.51. The number of amides is 1. The molecule has 0 aromatic carbocycles. The number of hydrogen-bond donors (Lipinski definition) is 1. The van der Waals surface area contributed by atoms with E-state index in [1.807, 2.05) is 13.8 Å². The number of halogens is 1. The standard InChI is InChI=1S/C14H26BrNO2/c1-5-12(6-7-15)8-16-14(17)13-9(2)10(3)18-11(13)4/h9-13H,5-8H2,1-4H3,(H,16,17). The fraction of sp³-hybridized carbons (Fsp3) is 0.929. The van der Waals surface area contributed by atoms with Crippen molar-refractivity contribution in [3.8, 4) is 0 Å². The van der Waals surface area contributed by atoms with Gasteiger partial charge in [-0.25, -0.2) is 0 Å². The van der Waals surface area contributed by atoms with Gasteiger partial charge in [0.15, 0.2) is 0 Å².